The summed E-state index contributed by atoms with van der Waals surface area (Å²) in [5.41, 5.74) is 9.25. The molecule has 10 nitrogen and oxygen atoms in total. The van der Waals surface area contributed by atoms with E-state index in [1.807, 2.05) is 84.0 Å². The number of pyridine rings is 1. The van der Waals surface area contributed by atoms with Crippen LogP contribution in [0, 0.1) is 0 Å². The van der Waals surface area contributed by atoms with Crippen LogP contribution in [0.3, 0.4) is 0 Å². The molecule has 0 radical (unpaired) electrons. The number of aromatic nitrogens is 5. The molecule has 0 saturated carbocycles. The second-order valence-electron chi connectivity index (χ2n) is 13.9. The minimum absolute atomic E-state index is 0.204. The Bertz CT molecular complexity index is 2590. The number of hydrogen-bond donors (Lipinski definition) is 2. The summed E-state index contributed by atoms with van der Waals surface area (Å²) < 4.78 is 4.12. The highest BCUT2D eigenvalue weighted by Gasteiger charge is 2.21. The van der Waals surface area contributed by atoms with Crippen molar-refractivity contribution in [3.63, 3.8) is 0 Å². The number of benzene rings is 3. The standard InChI is InChI=1S/C43H43Cl2N9O/c1-8-27-19-40(52(5)18-17-51(3)4)37(21-36(27)49-43-47-23-34(45)41(50-43)32-25-54(7)39-16-12-10-14-29(32)39)48-42(55)26(2)35-20-30(33(44)22-46-35)31-24-53(6)38-15-11-9-13-28(31)38/h9-16,19-25H,2,8,17-18H2,1,3-7H3,(H,48,55)(H,47,49,50). The number of carbonyl (C=O) groups is 1. The molecule has 0 aliphatic rings. The van der Waals surface area contributed by atoms with Crippen LogP contribution in [0.4, 0.5) is 23.0 Å². The Balaban J connectivity index is 1.23. The maximum Gasteiger partial charge on any atom is 0.257 e. The summed E-state index contributed by atoms with van der Waals surface area (Å²) in [6.07, 6.45) is 7.96. The number of carbonyl (C=O) groups excluding carboxylic acids is 1. The van der Waals surface area contributed by atoms with Crippen molar-refractivity contribution in [2.45, 2.75) is 13.3 Å². The molecule has 0 spiro atoms. The van der Waals surface area contributed by atoms with Crippen LogP contribution in [0.25, 0.3) is 49.8 Å². The van der Waals surface area contributed by atoms with E-state index in [9.17, 15) is 4.79 Å². The van der Waals surface area contributed by atoms with E-state index in [0.717, 1.165) is 68.5 Å². The minimum atomic E-state index is -0.392. The lowest BCUT2D eigenvalue weighted by atomic mass is 10.0. The molecule has 1 amide bonds. The largest absolute Gasteiger partial charge is 0.372 e. The van der Waals surface area contributed by atoms with Gasteiger partial charge in [0.05, 0.1) is 44.6 Å². The van der Waals surface area contributed by atoms with Crippen molar-refractivity contribution in [1.29, 1.82) is 0 Å². The molecule has 0 fully saturated rings. The number of amides is 1. The minimum Gasteiger partial charge on any atom is -0.372 e. The van der Waals surface area contributed by atoms with Gasteiger partial charge in [-0.25, -0.2) is 9.97 Å². The zero-order valence-electron chi connectivity index (χ0n) is 31.8. The zero-order chi connectivity index (χ0) is 39.0. The van der Waals surface area contributed by atoms with E-state index in [1.54, 1.807) is 12.4 Å². The van der Waals surface area contributed by atoms with Crippen LogP contribution in [0.1, 0.15) is 18.2 Å². The van der Waals surface area contributed by atoms with E-state index in [-0.39, 0.29) is 5.57 Å². The highest BCUT2D eigenvalue weighted by molar-refractivity contribution is 6.34. The van der Waals surface area contributed by atoms with Crippen LogP contribution in [-0.4, -0.2) is 69.1 Å². The lowest BCUT2D eigenvalue weighted by Gasteiger charge is -2.26. The van der Waals surface area contributed by atoms with E-state index in [4.69, 9.17) is 28.2 Å². The quantitative estimate of drug-likeness (QED) is 0.120. The lowest BCUT2D eigenvalue weighted by Crippen LogP contribution is -2.29. The van der Waals surface area contributed by atoms with Gasteiger partial charge in [0.2, 0.25) is 5.95 Å². The highest BCUT2D eigenvalue weighted by atomic mass is 35.5. The number of aryl methyl sites for hydroxylation is 3. The Hall–Kier alpha value is -5.68. The number of nitrogens with one attached hydrogen (secondary N) is 2. The van der Waals surface area contributed by atoms with Crippen LogP contribution in [0.2, 0.25) is 10.0 Å². The Kier molecular flexibility index (Phi) is 10.7. The number of fused-ring (bicyclic) bond motifs is 2. The highest BCUT2D eigenvalue weighted by Crippen LogP contribution is 2.38. The number of para-hydroxylation sites is 2. The van der Waals surface area contributed by atoms with Gasteiger partial charge in [-0.1, -0.05) is 73.1 Å². The summed E-state index contributed by atoms with van der Waals surface area (Å²) in [5, 5.41) is 9.62. The fourth-order valence-electron chi connectivity index (χ4n) is 6.87. The molecule has 2 N–H and O–H groups in total. The van der Waals surface area contributed by atoms with E-state index >= 15 is 0 Å². The molecule has 55 heavy (non-hydrogen) atoms. The average Bonchev–Trinajstić information content (AvgIpc) is 3.70. The first kappa shape index (κ1) is 37.6. The van der Waals surface area contributed by atoms with Gasteiger partial charge in [-0.15, -0.1) is 0 Å². The number of nitrogens with zero attached hydrogens (tertiary/aromatic N) is 7. The van der Waals surface area contributed by atoms with E-state index < -0.39 is 5.91 Å². The Morgan fingerprint density at radius 2 is 1.44 bits per heavy atom. The molecule has 0 aliphatic carbocycles. The van der Waals surface area contributed by atoms with Gasteiger partial charge < -0.3 is 29.6 Å². The molecular formula is C43H43Cl2N9O. The summed E-state index contributed by atoms with van der Waals surface area (Å²) in [6.45, 7) is 7.83. The van der Waals surface area contributed by atoms with Crippen molar-refractivity contribution in [3.05, 3.63) is 119 Å². The number of halogens is 2. The SMILES string of the molecule is C=C(C(=O)Nc1cc(Nc2ncc(Cl)c(-c3cn(C)c4ccccc34)n2)c(CC)cc1N(C)CCN(C)C)c1cc(-c2cn(C)c3ccccc23)c(Cl)cn1. The van der Waals surface area contributed by atoms with Gasteiger partial charge in [-0.3, -0.25) is 9.78 Å². The van der Waals surface area contributed by atoms with Gasteiger partial charge in [0.15, 0.2) is 0 Å². The van der Waals surface area contributed by atoms with Crippen LogP contribution in [0.5, 0.6) is 0 Å². The molecule has 0 aliphatic heterocycles. The molecule has 3 aromatic carbocycles. The second-order valence-corrected chi connectivity index (χ2v) is 14.8. The molecule has 7 rings (SSSR count). The van der Waals surface area contributed by atoms with Gasteiger partial charge in [0.25, 0.3) is 5.91 Å². The molecule has 0 unspecified atom stereocenters. The predicted molar refractivity (Wildman–Crippen MR) is 229 cm³/mol. The van der Waals surface area contributed by atoms with Crippen molar-refractivity contribution < 1.29 is 4.79 Å². The number of likely N-dealkylation sites (N-methyl/N-ethyl adjacent to an activating group) is 2. The second kappa shape index (κ2) is 15.6. The molecule has 0 bridgehead atoms. The van der Waals surface area contributed by atoms with Crippen LogP contribution in [-0.2, 0) is 25.3 Å². The van der Waals surface area contributed by atoms with Crippen molar-refractivity contribution in [2.24, 2.45) is 14.1 Å². The number of anilines is 4. The normalized spacial score (nSPS) is 11.4. The Labute approximate surface area is 331 Å². The first-order chi connectivity index (χ1) is 26.4. The average molecular weight is 773 g/mol. The van der Waals surface area contributed by atoms with Crippen LogP contribution < -0.4 is 15.5 Å². The summed E-state index contributed by atoms with van der Waals surface area (Å²) in [6, 6.07) is 22.1. The van der Waals surface area contributed by atoms with Crippen molar-refractivity contribution in [3.8, 4) is 22.4 Å². The molecule has 4 aromatic heterocycles. The molecule has 12 heteroatoms. The maximum absolute atomic E-state index is 14.1. The van der Waals surface area contributed by atoms with Crippen LogP contribution in [0.15, 0.2) is 98.1 Å². The van der Waals surface area contributed by atoms with Gasteiger partial charge in [-0.05, 0) is 56.4 Å². The summed E-state index contributed by atoms with van der Waals surface area (Å²) in [7, 11) is 10.1. The van der Waals surface area contributed by atoms with Gasteiger partial charge >= 0.3 is 0 Å². The zero-order valence-corrected chi connectivity index (χ0v) is 33.3. The molecular weight excluding hydrogens is 729 g/mol. The van der Waals surface area contributed by atoms with Crippen molar-refractivity contribution >= 4 is 79.5 Å². The Morgan fingerprint density at radius 3 is 2.11 bits per heavy atom. The summed E-state index contributed by atoms with van der Waals surface area (Å²) in [4.78, 5) is 32.3. The Morgan fingerprint density at radius 1 is 0.800 bits per heavy atom. The van der Waals surface area contributed by atoms with Gasteiger partial charge in [0.1, 0.15) is 0 Å². The summed E-state index contributed by atoms with van der Waals surface area (Å²) >= 11 is 13.4. The van der Waals surface area contributed by atoms with Gasteiger partial charge in [-0.2, -0.15) is 0 Å². The fourth-order valence-corrected chi connectivity index (χ4v) is 7.27. The van der Waals surface area contributed by atoms with Gasteiger partial charge in [0, 0.05) is 97.0 Å². The molecule has 0 saturated heterocycles. The fraction of sp³-hybridized carbons (Fsp3) is 0.209. The predicted octanol–water partition coefficient (Wildman–Crippen LogP) is 9.45. The monoisotopic (exact) mass is 771 g/mol. The van der Waals surface area contributed by atoms with Crippen molar-refractivity contribution in [1.82, 2.24) is 29.0 Å². The topological polar surface area (TPSA) is 96.1 Å². The molecule has 4 heterocycles. The first-order valence-corrected chi connectivity index (χ1v) is 18.8. The molecule has 7 aromatic rings. The first-order valence-electron chi connectivity index (χ1n) is 18.0. The maximum atomic E-state index is 14.1. The van der Waals surface area contributed by atoms with E-state index in [1.165, 1.54) is 0 Å². The van der Waals surface area contributed by atoms with E-state index in [2.05, 4.69) is 83.4 Å². The smallest absolute Gasteiger partial charge is 0.257 e. The third-order valence-corrected chi connectivity index (χ3v) is 10.5. The number of hydrogen-bond acceptors (Lipinski definition) is 7. The molecule has 0 atom stereocenters. The van der Waals surface area contributed by atoms with Crippen molar-refractivity contribution in [2.75, 3.05) is 49.8 Å². The summed E-state index contributed by atoms with van der Waals surface area (Å²) in [5.74, 6) is -0.0131. The van der Waals surface area contributed by atoms with Crippen LogP contribution >= 0.6 is 23.2 Å². The third kappa shape index (κ3) is 7.53. The lowest BCUT2D eigenvalue weighted by molar-refractivity contribution is -0.111. The van der Waals surface area contributed by atoms with E-state index in [0.29, 0.717) is 39.5 Å². The molecule has 280 valence electrons. The third-order valence-electron chi connectivity index (χ3n) is 9.91. The number of rotatable bonds is 12.